The highest BCUT2D eigenvalue weighted by Crippen LogP contribution is 2.25. The van der Waals surface area contributed by atoms with Crippen molar-refractivity contribution in [1.29, 1.82) is 0 Å². The maximum absolute atomic E-state index is 4.42. The number of benzene rings is 1. The topological polar surface area (TPSA) is 28.2 Å². The number of hydrogen-bond acceptors (Lipinski definition) is 3. The number of anilines is 1. The molecule has 1 saturated carbocycles. The van der Waals surface area contributed by atoms with Crippen molar-refractivity contribution in [3.8, 4) is 0 Å². The third-order valence-corrected chi connectivity index (χ3v) is 3.93. The number of aryl methyl sites for hydroxylation is 1. The predicted molar refractivity (Wildman–Crippen MR) is 87.4 cm³/mol. The first-order chi connectivity index (χ1) is 10.2. The summed E-state index contributed by atoms with van der Waals surface area (Å²) in [7, 11) is 2.14. The standard InChI is InChI=1S/C18H23N3/c1-14-6-9-18(15(11-14)12-20-16-7-8-16)21(2)13-17-5-3-4-10-19-17/h3-6,9-11,16,20H,7-8,12-13H2,1-2H3. The average Bonchev–Trinajstić information content (AvgIpc) is 3.30. The van der Waals surface area contributed by atoms with Crippen LogP contribution >= 0.6 is 0 Å². The molecule has 2 aromatic rings. The Hall–Kier alpha value is -1.87. The molecule has 1 aromatic carbocycles. The van der Waals surface area contributed by atoms with E-state index >= 15 is 0 Å². The molecule has 3 nitrogen and oxygen atoms in total. The minimum absolute atomic E-state index is 0.736. The van der Waals surface area contributed by atoms with Crippen molar-refractivity contribution in [3.05, 3.63) is 59.4 Å². The van der Waals surface area contributed by atoms with Gasteiger partial charge >= 0.3 is 0 Å². The van der Waals surface area contributed by atoms with Crippen LogP contribution < -0.4 is 10.2 Å². The zero-order valence-electron chi connectivity index (χ0n) is 12.8. The highest BCUT2D eigenvalue weighted by atomic mass is 15.1. The van der Waals surface area contributed by atoms with E-state index in [9.17, 15) is 0 Å². The van der Waals surface area contributed by atoms with Gasteiger partial charge in [-0.25, -0.2) is 0 Å². The number of aromatic nitrogens is 1. The van der Waals surface area contributed by atoms with Gasteiger partial charge in [-0.1, -0.05) is 23.8 Å². The van der Waals surface area contributed by atoms with Gasteiger partial charge in [-0.3, -0.25) is 4.98 Å². The van der Waals surface area contributed by atoms with Crippen LogP contribution in [0.25, 0.3) is 0 Å². The van der Waals surface area contributed by atoms with Gasteiger partial charge in [-0.2, -0.15) is 0 Å². The molecule has 3 heteroatoms. The van der Waals surface area contributed by atoms with Crippen molar-refractivity contribution in [3.63, 3.8) is 0 Å². The summed E-state index contributed by atoms with van der Waals surface area (Å²) in [6, 6.07) is 13.5. The molecule has 1 aliphatic carbocycles. The smallest absolute Gasteiger partial charge is 0.0598 e. The summed E-state index contributed by atoms with van der Waals surface area (Å²) >= 11 is 0. The highest BCUT2D eigenvalue weighted by molar-refractivity contribution is 5.54. The lowest BCUT2D eigenvalue weighted by molar-refractivity contribution is 0.685. The van der Waals surface area contributed by atoms with E-state index in [1.54, 1.807) is 0 Å². The summed E-state index contributed by atoms with van der Waals surface area (Å²) in [5, 5.41) is 3.62. The number of nitrogens with one attached hydrogen (secondary N) is 1. The minimum Gasteiger partial charge on any atom is -0.368 e. The van der Waals surface area contributed by atoms with Crippen LogP contribution in [0.2, 0.25) is 0 Å². The molecule has 0 aliphatic heterocycles. The van der Waals surface area contributed by atoms with Crippen LogP contribution in [-0.2, 0) is 13.1 Å². The average molecular weight is 281 g/mol. The van der Waals surface area contributed by atoms with Gasteiger partial charge in [0, 0.05) is 31.5 Å². The lowest BCUT2D eigenvalue weighted by atomic mass is 10.1. The van der Waals surface area contributed by atoms with Gasteiger partial charge < -0.3 is 10.2 Å². The summed E-state index contributed by atoms with van der Waals surface area (Å²) < 4.78 is 0. The Kier molecular flexibility index (Phi) is 4.20. The van der Waals surface area contributed by atoms with Crippen molar-refractivity contribution < 1.29 is 0 Å². The summed E-state index contributed by atoms with van der Waals surface area (Å²) in [5.41, 5.74) is 5.08. The van der Waals surface area contributed by atoms with Gasteiger partial charge in [0.2, 0.25) is 0 Å². The number of pyridine rings is 1. The van der Waals surface area contributed by atoms with E-state index in [4.69, 9.17) is 0 Å². The molecular weight excluding hydrogens is 258 g/mol. The fourth-order valence-electron chi connectivity index (χ4n) is 2.59. The van der Waals surface area contributed by atoms with E-state index in [2.05, 4.69) is 53.4 Å². The number of rotatable bonds is 6. The second kappa shape index (κ2) is 6.27. The van der Waals surface area contributed by atoms with E-state index in [-0.39, 0.29) is 0 Å². The first kappa shape index (κ1) is 14.1. The highest BCUT2D eigenvalue weighted by Gasteiger charge is 2.20. The first-order valence-electron chi connectivity index (χ1n) is 7.66. The van der Waals surface area contributed by atoms with Gasteiger partial charge in [0.05, 0.1) is 12.2 Å². The Balaban J connectivity index is 1.75. The van der Waals surface area contributed by atoms with Crippen molar-refractivity contribution >= 4 is 5.69 Å². The normalized spacial score (nSPS) is 14.2. The second-order valence-electron chi connectivity index (χ2n) is 5.96. The molecule has 0 saturated heterocycles. The number of nitrogens with zero attached hydrogens (tertiary/aromatic N) is 2. The SMILES string of the molecule is Cc1ccc(N(C)Cc2ccccn2)c(CNC2CC2)c1. The quantitative estimate of drug-likeness (QED) is 0.880. The van der Waals surface area contributed by atoms with Crippen LogP contribution in [0.15, 0.2) is 42.6 Å². The first-order valence-corrected chi connectivity index (χ1v) is 7.66. The summed E-state index contributed by atoms with van der Waals surface area (Å²) in [4.78, 5) is 6.70. The lowest BCUT2D eigenvalue weighted by Gasteiger charge is -2.23. The molecule has 110 valence electrons. The Morgan fingerprint density at radius 2 is 2.10 bits per heavy atom. The van der Waals surface area contributed by atoms with Crippen LogP contribution in [-0.4, -0.2) is 18.1 Å². The fourth-order valence-corrected chi connectivity index (χ4v) is 2.59. The Morgan fingerprint density at radius 3 is 2.81 bits per heavy atom. The van der Waals surface area contributed by atoms with Crippen LogP contribution in [0.3, 0.4) is 0 Å². The van der Waals surface area contributed by atoms with Crippen molar-refractivity contribution in [2.24, 2.45) is 0 Å². The molecule has 0 unspecified atom stereocenters. The molecule has 1 heterocycles. The van der Waals surface area contributed by atoms with Gasteiger partial charge in [-0.05, 0) is 43.5 Å². The predicted octanol–water partition coefficient (Wildman–Crippen LogP) is 3.28. The van der Waals surface area contributed by atoms with Crippen molar-refractivity contribution in [1.82, 2.24) is 10.3 Å². The molecule has 1 N–H and O–H groups in total. The summed E-state index contributed by atoms with van der Waals surface area (Å²) in [6.45, 7) is 3.94. The van der Waals surface area contributed by atoms with Gasteiger partial charge in [0.25, 0.3) is 0 Å². The van der Waals surface area contributed by atoms with Crippen LogP contribution in [0.5, 0.6) is 0 Å². The molecule has 3 rings (SSSR count). The molecule has 0 atom stereocenters. The molecular formula is C18H23N3. The van der Waals surface area contributed by atoms with Crippen molar-refractivity contribution in [2.75, 3.05) is 11.9 Å². The Labute approximate surface area is 127 Å². The summed E-state index contributed by atoms with van der Waals surface area (Å²) in [6.07, 6.45) is 4.50. The van der Waals surface area contributed by atoms with Gasteiger partial charge in [0.1, 0.15) is 0 Å². The third-order valence-electron chi connectivity index (χ3n) is 3.93. The van der Waals surface area contributed by atoms with E-state index in [1.807, 2.05) is 18.3 Å². The second-order valence-corrected chi connectivity index (χ2v) is 5.96. The molecule has 0 radical (unpaired) electrons. The summed E-state index contributed by atoms with van der Waals surface area (Å²) in [5.74, 6) is 0. The molecule has 1 aromatic heterocycles. The molecule has 21 heavy (non-hydrogen) atoms. The van der Waals surface area contributed by atoms with Crippen LogP contribution in [0, 0.1) is 6.92 Å². The van der Waals surface area contributed by atoms with E-state index < -0.39 is 0 Å². The van der Waals surface area contributed by atoms with Gasteiger partial charge in [0.15, 0.2) is 0 Å². The minimum atomic E-state index is 0.736. The van der Waals surface area contributed by atoms with Crippen LogP contribution in [0.1, 0.15) is 29.7 Å². The number of hydrogen-bond donors (Lipinski definition) is 1. The molecule has 1 aliphatic rings. The molecule has 0 spiro atoms. The zero-order chi connectivity index (χ0) is 14.7. The lowest BCUT2D eigenvalue weighted by Crippen LogP contribution is -2.22. The maximum Gasteiger partial charge on any atom is 0.0598 e. The molecule has 0 bridgehead atoms. The monoisotopic (exact) mass is 281 g/mol. The van der Waals surface area contributed by atoms with E-state index in [1.165, 1.54) is 29.7 Å². The molecule has 1 fully saturated rings. The molecule has 0 amide bonds. The van der Waals surface area contributed by atoms with E-state index in [0.29, 0.717) is 0 Å². The fraction of sp³-hybridized carbons (Fsp3) is 0.389. The Bertz CT molecular complexity index is 591. The van der Waals surface area contributed by atoms with E-state index in [0.717, 1.165) is 24.8 Å². The van der Waals surface area contributed by atoms with Gasteiger partial charge in [-0.15, -0.1) is 0 Å². The Morgan fingerprint density at radius 1 is 1.24 bits per heavy atom. The largest absolute Gasteiger partial charge is 0.368 e. The maximum atomic E-state index is 4.42. The third kappa shape index (κ3) is 3.82. The zero-order valence-corrected chi connectivity index (χ0v) is 12.8. The van der Waals surface area contributed by atoms with Crippen LogP contribution in [0.4, 0.5) is 5.69 Å². The van der Waals surface area contributed by atoms with Crippen molar-refractivity contribution in [2.45, 2.75) is 38.9 Å².